The smallest absolute Gasteiger partial charge is 0.341 e. The number of hydrogen-bond donors (Lipinski definition) is 1. The van der Waals surface area contributed by atoms with E-state index < -0.39 is 22.7 Å². The standard InChI is InChI=1S/C15H16BrFN2O5S/c1-9-14(16)12(19(18-9)25(21)22)4-3-7-24-13-6-5-10(17)8-11(13)15(20)23-2/h5-6,8,25H,3-4,7H2,1-2H3. The fourth-order valence-electron chi connectivity index (χ4n) is 2.21. The van der Waals surface area contributed by atoms with Crippen LogP contribution in [0.4, 0.5) is 4.39 Å². The first kappa shape index (κ1) is 19.4. The molecule has 136 valence electrons. The van der Waals surface area contributed by atoms with Gasteiger partial charge in [-0.3, -0.25) is 0 Å². The summed E-state index contributed by atoms with van der Waals surface area (Å²) in [4.78, 5) is 11.7. The summed E-state index contributed by atoms with van der Waals surface area (Å²) in [5.41, 5.74) is 1.08. The van der Waals surface area contributed by atoms with E-state index in [1.165, 1.54) is 19.2 Å². The summed E-state index contributed by atoms with van der Waals surface area (Å²) in [7, 11) is -1.67. The van der Waals surface area contributed by atoms with Gasteiger partial charge in [0, 0.05) is 0 Å². The van der Waals surface area contributed by atoms with Crippen molar-refractivity contribution < 1.29 is 27.1 Å². The van der Waals surface area contributed by atoms with Gasteiger partial charge in [-0.05, 0) is 53.9 Å². The van der Waals surface area contributed by atoms with Crippen LogP contribution in [0.2, 0.25) is 0 Å². The van der Waals surface area contributed by atoms with Gasteiger partial charge in [0.2, 0.25) is 10.9 Å². The lowest BCUT2D eigenvalue weighted by Crippen LogP contribution is -2.09. The highest BCUT2D eigenvalue weighted by molar-refractivity contribution is 9.10. The Morgan fingerprint density at radius 1 is 1.40 bits per heavy atom. The third-order valence-corrected chi connectivity index (χ3v) is 5.05. The Hall–Kier alpha value is -1.94. The molecular weight excluding hydrogens is 419 g/mol. The van der Waals surface area contributed by atoms with Crippen LogP contribution in [0.1, 0.15) is 28.2 Å². The van der Waals surface area contributed by atoms with Crippen LogP contribution in [0.15, 0.2) is 22.7 Å². The molecule has 0 N–H and O–H groups in total. The maximum absolute atomic E-state index is 13.3. The van der Waals surface area contributed by atoms with Crippen LogP contribution < -0.4 is 4.74 Å². The van der Waals surface area contributed by atoms with E-state index >= 15 is 0 Å². The first-order valence-corrected chi connectivity index (χ1v) is 9.16. The predicted octanol–water partition coefficient (Wildman–Crippen LogP) is 2.27. The normalized spacial score (nSPS) is 10.9. The van der Waals surface area contributed by atoms with E-state index in [0.29, 0.717) is 28.7 Å². The van der Waals surface area contributed by atoms with Gasteiger partial charge in [-0.25, -0.2) is 17.6 Å². The quantitative estimate of drug-likeness (QED) is 0.408. The third-order valence-electron chi connectivity index (χ3n) is 3.37. The minimum absolute atomic E-state index is 0.00722. The van der Waals surface area contributed by atoms with Crippen molar-refractivity contribution >= 4 is 32.8 Å². The van der Waals surface area contributed by atoms with Crippen molar-refractivity contribution in [3.8, 4) is 5.75 Å². The molecule has 0 fully saturated rings. The molecule has 0 radical (unpaired) electrons. The molecule has 0 aliphatic rings. The van der Waals surface area contributed by atoms with Gasteiger partial charge in [0.05, 0.1) is 29.6 Å². The zero-order valence-electron chi connectivity index (χ0n) is 13.5. The third kappa shape index (κ3) is 4.57. The maximum atomic E-state index is 13.3. The minimum Gasteiger partial charge on any atom is -0.493 e. The average molecular weight is 435 g/mol. The topological polar surface area (TPSA) is 87.5 Å². The van der Waals surface area contributed by atoms with E-state index in [-0.39, 0.29) is 17.9 Å². The molecule has 1 aromatic carbocycles. The molecule has 25 heavy (non-hydrogen) atoms. The summed E-state index contributed by atoms with van der Waals surface area (Å²) in [6.45, 7) is 1.89. The minimum atomic E-state index is -2.86. The molecule has 1 aromatic heterocycles. The van der Waals surface area contributed by atoms with Gasteiger partial charge in [0.1, 0.15) is 17.1 Å². The Bertz CT molecular complexity index is 858. The second-order valence-corrected chi connectivity index (χ2v) is 6.70. The lowest BCUT2D eigenvalue weighted by atomic mass is 10.2. The highest BCUT2D eigenvalue weighted by Gasteiger charge is 2.16. The number of benzene rings is 1. The summed E-state index contributed by atoms with van der Waals surface area (Å²) in [5, 5.41) is 3.93. The highest BCUT2D eigenvalue weighted by Crippen LogP contribution is 2.23. The molecule has 0 amide bonds. The van der Waals surface area contributed by atoms with Crippen LogP contribution >= 0.6 is 15.9 Å². The molecule has 0 spiro atoms. The van der Waals surface area contributed by atoms with Crippen LogP contribution in [0.5, 0.6) is 5.75 Å². The Morgan fingerprint density at radius 3 is 2.76 bits per heavy atom. The summed E-state index contributed by atoms with van der Waals surface area (Å²) >= 11 is 3.32. The zero-order chi connectivity index (χ0) is 18.6. The van der Waals surface area contributed by atoms with Crippen LogP contribution in [-0.4, -0.2) is 37.3 Å². The molecule has 0 aliphatic carbocycles. The fraction of sp³-hybridized carbons (Fsp3) is 0.333. The average Bonchev–Trinajstić information content (AvgIpc) is 2.87. The van der Waals surface area contributed by atoms with Gasteiger partial charge in [0.25, 0.3) is 0 Å². The summed E-state index contributed by atoms with van der Waals surface area (Å²) in [6.07, 6.45) is 0.852. The number of aryl methyl sites for hydroxylation is 1. The number of ether oxygens (including phenoxy) is 2. The van der Waals surface area contributed by atoms with Crippen molar-refractivity contribution in [2.45, 2.75) is 19.8 Å². The van der Waals surface area contributed by atoms with Gasteiger partial charge < -0.3 is 9.47 Å². The Morgan fingerprint density at radius 2 is 2.12 bits per heavy atom. The first-order chi connectivity index (χ1) is 11.8. The van der Waals surface area contributed by atoms with Gasteiger partial charge in [-0.1, -0.05) is 0 Å². The number of hydrogen-bond acceptors (Lipinski definition) is 6. The number of carbonyl (C=O) groups excluding carboxylic acids is 1. The number of aromatic nitrogens is 2. The number of halogens is 2. The monoisotopic (exact) mass is 434 g/mol. The van der Waals surface area contributed by atoms with Crippen molar-refractivity contribution in [3.63, 3.8) is 0 Å². The molecule has 0 atom stereocenters. The molecule has 0 unspecified atom stereocenters. The molecule has 2 aromatic rings. The lowest BCUT2D eigenvalue weighted by molar-refractivity contribution is 0.0595. The molecule has 7 nitrogen and oxygen atoms in total. The summed E-state index contributed by atoms with van der Waals surface area (Å²) in [6, 6.07) is 3.57. The predicted molar refractivity (Wildman–Crippen MR) is 91.9 cm³/mol. The summed E-state index contributed by atoms with van der Waals surface area (Å²) in [5.74, 6) is -1.07. The molecule has 0 saturated carbocycles. The molecule has 10 heteroatoms. The van der Waals surface area contributed by atoms with E-state index in [4.69, 9.17) is 4.74 Å². The van der Waals surface area contributed by atoms with Crippen molar-refractivity contribution in [1.29, 1.82) is 0 Å². The van der Waals surface area contributed by atoms with Gasteiger partial charge in [-0.15, -0.1) is 0 Å². The maximum Gasteiger partial charge on any atom is 0.341 e. The van der Waals surface area contributed by atoms with E-state index in [1.807, 2.05) is 0 Å². The van der Waals surface area contributed by atoms with Crippen molar-refractivity contribution in [2.24, 2.45) is 0 Å². The van der Waals surface area contributed by atoms with Crippen molar-refractivity contribution in [3.05, 3.63) is 45.4 Å². The largest absolute Gasteiger partial charge is 0.493 e. The second-order valence-electron chi connectivity index (χ2n) is 5.06. The molecule has 0 bridgehead atoms. The Balaban J connectivity index is 2.05. The van der Waals surface area contributed by atoms with Crippen LogP contribution in [0.3, 0.4) is 0 Å². The zero-order valence-corrected chi connectivity index (χ0v) is 16.0. The highest BCUT2D eigenvalue weighted by atomic mass is 79.9. The summed E-state index contributed by atoms with van der Waals surface area (Å²) < 4.78 is 47.4. The molecule has 2 rings (SSSR count). The van der Waals surface area contributed by atoms with E-state index in [2.05, 4.69) is 25.8 Å². The number of rotatable bonds is 7. The number of thiol groups is 1. The van der Waals surface area contributed by atoms with Crippen LogP contribution in [-0.2, 0) is 22.0 Å². The van der Waals surface area contributed by atoms with E-state index in [0.717, 1.165) is 10.2 Å². The van der Waals surface area contributed by atoms with Gasteiger partial charge >= 0.3 is 5.97 Å². The van der Waals surface area contributed by atoms with Gasteiger partial charge in [0.15, 0.2) is 0 Å². The lowest BCUT2D eigenvalue weighted by Gasteiger charge is -2.10. The SMILES string of the molecule is COC(=O)c1cc(F)ccc1OCCCc1c(Br)c(C)nn1[SH](=O)=O. The fourth-order valence-corrected chi connectivity index (χ4v) is 3.39. The van der Waals surface area contributed by atoms with Crippen molar-refractivity contribution in [2.75, 3.05) is 13.7 Å². The number of esters is 1. The number of nitrogens with zero attached hydrogens (tertiary/aromatic N) is 2. The molecular formula is C15H16BrFN2O5S. The van der Waals surface area contributed by atoms with Crippen LogP contribution in [0.25, 0.3) is 0 Å². The molecule has 1 heterocycles. The van der Waals surface area contributed by atoms with E-state index in [1.54, 1.807) is 6.92 Å². The van der Waals surface area contributed by atoms with Crippen LogP contribution in [0, 0.1) is 12.7 Å². The van der Waals surface area contributed by atoms with Gasteiger partial charge in [-0.2, -0.15) is 9.19 Å². The Labute approximate surface area is 153 Å². The molecule has 0 saturated heterocycles. The number of carbonyl (C=O) groups is 1. The van der Waals surface area contributed by atoms with Crippen molar-refractivity contribution in [1.82, 2.24) is 9.19 Å². The number of methoxy groups -OCH3 is 1. The molecule has 0 aliphatic heterocycles. The second kappa shape index (κ2) is 8.43. The Kier molecular flexibility index (Phi) is 6.54. The first-order valence-electron chi connectivity index (χ1n) is 7.24. The van der Waals surface area contributed by atoms with E-state index in [9.17, 15) is 17.6 Å².